The standard InChI is InChI=1S/C24H29N7O4/c1-4-34-17-8-5-11-25-20(17)35-16-7-6-14-31(15-16)19-10-13-27-23(29-19)30-22-26-12-9-18(28-22)24(2,3)21(32)33/h5,8-13,16H,4,6-7,14-15H2,1-3H3,(H,32,33)(H,26,27,28,29,30)/t16-/m1/s1. The van der Waals surface area contributed by atoms with Crippen LogP contribution in [0.15, 0.2) is 42.9 Å². The topological polar surface area (TPSA) is 135 Å². The lowest BCUT2D eigenvalue weighted by atomic mass is 9.89. The van der Waals surface area contributed by atoms with Gasteiger partial charge >= 0.3 is 5.97 Å². The normalized spacial score (nSPS) is 16.0. The van der Waals surface area contributed by atoms with Gasteiger partial charge in [-0.05, 0) is 57.9 Å². The van der Waals surface area contributed by atoms with Gasteiger partial charge in [0, 0.05) is 25.1 Å². The fourth-order valence-electron chi connectivity index (χ4n) is 3.69. The Bertz CT molecular complexity index is 1170. The monoisotopic (exact) mass is 479 g/mol. The van der Waals surface area contributed by atoms with Crippen LogP contribution in [0.25, 0.3) is 0 Å². The quantitative estimate of drug-likeness (QED) is 0.468. The molecule has 2 N–H and O–H groups in total. The fraction of sp³-hybridized carbons (Fsp3) is 0.417. The van der Waals surface area contributed by atoms with E-state index in [4.69, 9.17) is 9.47 Å². The lowest BCUT2D eigenvalue weighted by Crippen LogP contribution is -2.41. The summed E-state index contributed by atoms with van der Waals surface area (Å²) in [6, 6.07) is 7.10. The van der Waals surface area contributed by atoms with Crippen LogP contribution in [-0.4, -0.2) is 61.8 Å². The van der Waals surface area contributed by atoms with Gasteiger partial charge in [-0.15, -0.1) is 0 Å². The van der Waals surface area contributed by atoms with Gasteiger partial charge in [0.25, 0.3) is 5.88 Å². The van der Waals surface area contributed by atoms with Crippen molar-refractivity contribution in [1.82, 2.24) is 24.9 Å². The molecule has 0 spiro atoms. The molecule has 0 radical (unpaired) electrons. The van der Waals surface area contributed by atoms with Crippen LogP contribution in [0, 0.1) is 0 Å². The van der Waals surface area contributed by atoms with Gasteiger partial charge in [0.1, 0.15) is 17.3 Å². The van der Waals surface area contributed by atoms with Gasteiger partial charge in [-0.3, -0.25) is 10.1 Å². The number of nitrogens with zero attached hydrogens (tertiary/aromatic N) is 6. The molecular weight excluding hydrogens is 450 g/mol. The number of hydrogen-bond acceptors (Lipinski definition) is 10. The summed E-state index contributed by atoms with van der Waals surface area (Å²) in [5.74, 6) is 1.44. The maximum absolute atomic E-state index is 11.6. The summed E-state index contributed by atoms with van der Waals surface area (Å²) >= 11 is 0. The van der Waals surface area contributed by atoms with E-state index in [1.165, 1.54) is 6.20 Å². The first-order valence-electron chi connectivity index (χ1n) is 11.5. The number of nitrogens with one attached hydrogen (secondary N) is 1. The maximum atomic E-state index is 11.6. The molecule has 0 bridgehead atoms. The van der Waals surface area contributed by atoms with Crippen molar-refractivity contribution >= 4 is 23.7 Å². The largest absolute Gasteiger partial charge is 0.488 e. The van der Waals surface area contributed by atoms with Crippen molar-refractivity contribution < 1.29 is 19.4 Å². The average Bonchev–Trinajstić information content (AvgIpc) is 2.86. The molecule has 0 saturated carbocycles. The first kappa shape index (κ1) is 24.1. The van der Waals surface area contributed by atoms with Gasteiger partial charge in [0.2, 0.25) is 11.9 Å². The number of hydrogen-bond donors (Lipinski definition) is 2. The van der Waals surface area contributed by atoms with Crippen LogP contribution in [-0.2, 0) is 10.2 Å². The minimum atomic E-state index is -1.15. The van der Waals surface area contributed by atoms with Crippen LogP contribution < -0.4 is 19.7 Å². The van der Waals surface area contributed by atoms with Gasteiger partial charge in [-0.1, -0.05) is 0 Å². The Morgan fingerprint density at radius 2 is 1.91 bits per heavy atom. The van der Waals surface area contributed by atoms with E-state index < -0.39 is 11.4 Å². The molecule has 1 fully saturated rings. The maximum Gasteiger partial charge on any atom is 0.315 e. The zero-order chi connectivity index (χ0) is 24.8. The minimum Gasteiger partial charge on any atom is -0.488 e. The summed E-state index contributed by atoms with van der Waals surface area (Å²) in [5, 5.41) is 12.5. The number of pyridine rings is 1. The molecule has 1 saturated heterocycles. The number of anilines is 3. The number of ether oxygens (including phenoxy) is 2. The van der Waals surface area contributed by atoms with Crippen molar-refractivity contribution in [2.75, 3.05) is 29.9 Å². The molecule has 0 unspecified atom stereocenters. The molecular formula is C24H29N7O4. The molecule has 4 rings (SSSR count). The number of piperidine rings is 1. The van der Waals surface area contributed by atoms with Gasteiger partial charge in [-0.2, -0.15) is 4.98 Å². The van der Waals surface area contributed by atoms with E-state index in [0.29, 0.717) is 36.4 Å². The molecule has 11 heteroatoms. The van der Waals surface area contributed by atoms with Crippen molar-refractivity contribution in [3.63, 3.8) is 0 Å². The SMILES string of the molecule is CCOc1cccnc1O[C@@H]1CCCN(c2ccnc(Nc3nccc(C(C)(C)C(=O)O)n3)n2)C1. The highest BCUT2D eigenvalue weighted by molar-refractivity contribution is 5.79. The van der Waals surface area contributed by atoms with E-state index in [1.54, 1.807) is 32.3 Å². The van der Waals surface area contributed by atoms with E-state index in [-0.39, 0.29) is 12.1 Å². The van der Waals surface area contributed by atoms with Crippen LogP contribution in [0.1, 0.15) is 39.3 Å². The van der Waals surface area contributed by atoms with Crippen molar-refractivity contribution in [1.29, 1.82) is 0 Å². The summed E-state index contributed by atoms with van der Waals surface area (Å²) in [6.45, 7) is 7.11. The van der Waals surface area contributed by atoms with Crippen molar-refractivity contribution in [3.05, 3.63) is 48.5 Å². The number of aromatic nitrogens is 5. The lowest BCUT2D eigenvalue weighted by molar-refractivity contribution is -0.142. The van der Waals surface area contributed by atoms with Gasteiger partial charge in [0.05, 0.1) is 18.8 Å². The summed E-state index contributed by atoms with van der Waals surface area (Å²) < 4.78 is 11.8. The third kappa shape index (κ3) is 5.73. The summed E-state index contributed by atoms with van der Waals surface area (Å²) in [5.41, 5.74) is -0.767. The van der Waals surface area contributed by atoms with Gasteiger partial charge < -0.3 is 19.5 Å². The molecule has 3 aromatic heterocycles. The Morgan fingerprint density at radius 1 is 1.14 bits per heavy atom. The average molecular weight is 480 g/mol. The summed E-state index contributed by atoms with van der Waals surface area (Å²) in [4.78, 5) is 35.5. The molecule has 1 aliphatic heterocycles. The predicted octanol–water partition coefficient (Wildman–Crippen LogP) is 3.21. The minimum absolute atomic E-state index is 0.0671. The number of rotatable bonds is 9. The third-order valence-corrected chi connectivity index (χ3v) is 5.71. The highest BCUT2D eigenvalue weighted by Crippen LogP contribution is 2.28. The van der Waals surface area contributed by atoms with Crippen molar-refractivity contribution in [2.45, 2.75) is 45.1 Å². The van der Waals surface area contributed by atoms with Crippen LogP contribution >= 0.6 is 0 Å². The van der Waals surface area contributed by atoms with Crippen LogP contribution in [0.3, 0.4) is 0 Å². The van der Waals surface area contributed by atoms with Crippen molar-refractivity contribution in [2.24, 2.45) is 0 Å². The molecule has 184 valence electrons. The van der Waals surface area contributed by atoms with E-state index in [1.807, 2.05) is 25.1 Å². The van der Waals surface area contributed by atoms with Crippen molar-refractivity contribution in [3.8, 4) is 11.6 Å². The van der Waals surface area contributed by atoms with Crippen LogP contribution in [0.2, 0.25) is 0 Å². The number of carboxylic acids is 1. The second-order valence-corrected chi connectivity index (χ2v) is 8.63. The number of carboxylic acid groups (broad SMARTS) is 1. The Labute approximate surface area is 203 Å². The zero-order valence-electron chi connectivity index (χ0n) is 20.0. The van der Waals surface area contributed by atoms with Crippen LogP contribution in [0.4, 0.5) is 17.7 Å². The Hall–Kier alpha value is -4.02. The first-order chi connectivity index (χ1) is 16.9. The predicted molar refractivity (Wildman–Crippen MR) is 129 cm³/mol. The molecule has 0 amide bonds. The zero-order valence-corrected chi connectivity index (χ0v) is 20.0. The third-order valence-electron chi connectivity index (χ3n) is 5.71. The molecule has 1 aliphatic rings. The Balaban J connectivity index is 1.46. The van der Waals surface area contributed by atoms with Gasteiger partial charge in [0.15, 0.2) is 5.75 Å². The Morgan fingerprint density at radius 3 is 2.69 bits per heavy atom. The fourth-order valence-corrected chi connectivity index (χ4v) is 3.69. The summed E-state index contributed by atoms with van der Waals surface area (Å²) in [7, 11) is 0. The molecule has 4 heterocycles. The molecule has 1 atom stereocenters. The van der Waals surface area contributed by atoms with Crippen LogP contribution in [0.5, 0.6) is 11.6 Å². The lowest BCUT2D eigenvalue weighted by Gasteiger charge is -2.33. The molecule has 0 aliphatic carbocycles. The smallest absolute Gasteiger partial charge is 0.315 e. The molecule has 0 aromatic carbocycles. The van der Waals surface area contributed by atoms with Gasteiger partial charge in [-0.25, -0.2) is 19.9 Å². The number of carbonyl (C=O) groups is 1. The molecule has 35 heavy (non-hydrogen) atoms. The molecule has 11 nitrogen and oxygen atoms in total. The molecule has 3 aromatic rings. The second-order valence-electron chi connectivity index (χ2n) is 8.63. The highest BCUT2D eigenvalue weighted by atomic mass is 16.5. The van der Waals surface area contributed by atoms with E-state index in [0.717, 1.165) is 25.2 Å². The summed E-state index contributed by atoms with van der Waals surface area (Å²) in [6.07, 6.45) is 6.63. The number of aliphatic carboxylic acids is 1. The van der Waals surface area contributed by atoms with E-state index in [9.17, 15) is 9.90 Å². The Kier molecular flexibility index (Phi) is 7.23. The second kappa shape index (κ2) is 10.5. The highest BCUT2D eigenvalue weighted by Gasteiger charge is 2.31. The first-order valence-corrected chi connectivity index (χ1v) is 11.5. The van der Waals surface area contributed by atoms with E-state index >= 15 is 0 Å². The van der Waals surface area contributed by atoms with E-state index in [2.05, 4.69) is 35.1 Å².